The second-order valence-corrected chi connectivity index (χ2v) is 8.41. The molecule has 2 aromatic heterocycles. The van der Waals surface area contributed by atoms with Crippen molar-refractivity contribution in [3.8, 4) is 10.6 Å². The number of para-hydroxylation sites is 1. The molecule has 0 aliphatic heterocycles. The topological polar surface area (TPSA) is 84.0 Å². The second-order valence-electron chi connectivity index (χ2n) is 6.14. The number of nitrogens with one attached hydrogen (secondary N) is 2. The maximum atomic E-state index is 12.8. The van der Waals surface area contributed by atoms with Crippen LogP contribution in [-0.4, -0.2) is 22.0 Å². The van der Waals surface area contributed by atoms with E-state index in [1.807, 2.05) is 43.3 Å². The van der Waals surface area contributed by atoms with Crippen molar-refractivity contribution in [1.82, 2.24) is 10.2 Å². The van der Waals surface area contributed by atoms with E-state index in [1.54, 1.807) is 30.3 Å². The van der Waals surface area contributed by atoms with E-state index >= 15 is 0 Å². The van der Waals surface area contributed by atoms with Crippen LogP contribution < -0.4 is 10.6 Å². The van der Waals surface area contributed by atoms with Gasteiger partial charge in [0, 0.05) is 10.4 Å². The number of thiophene rings is 1. The number of carbonyl (C=O) groups is 2. The summed E-state index contributed by atoms with van der Waals surface area (Å²) in [6.45, 7) is 1.94. The number of rotatable bonds is 5. The van der Waals surface area contributed by atoms with E-state index in [2.05, 4.69) is 20.8 Å². The monoisotopic (exact) mass is 420 g/mol. The first-order chi connectivity index (χ1) is 14.1. The molecule has 0 spiro atoms. The lowest BCUT2D eigenvalue weighted by molar-refractivity contribution is 0.102. The molecule has 0 radical (unpaired) electrons. The lowest BCUT2D eigenvalue weighted by Crippen LogP contribution is -2.17. The highest BCUT2D eigenvalue weighted by atomic mass is 32.1. The third kappa shape index (κ3) is 4.39. The maximum Gasteiger partial charge on any atom is 0.265 e. The molecule has 0 fully saturated rings. The number of aryl methyl sites for hydroxylation is 1. The third-order valence-corrected chi connectivity index (χ3v) is 5.94. The summed E-state index contributed by atoms with van der Waals surface area (Å²) in [6, 6.07) is 20.2. The molecule has 4 rings (SSSR count). The van der Waals surface area contributed by atoms with Gasteiger partial charge in [0.25, 0.3) is 11.8 Å². The van der Waals surface area contributed by atoms with Gasteiger partial charge in [-0.2, -0.15) is 0 Å². The van der Waals surface area contributed by atoms with E-state index < -0.39 is 0 Å². The summed E-state index contributed by atoms with van der Waals surface area (Å²) >= 11 is 2.69. The third-order valence-electron chi connectivity index (χ3n) is 4.05. The Balaban J connectivity index is 1.51. The minimum absolute atomic E-state index is 0.245. The van der Waals surface area contributed by atoms with Crippen molar-refractivity contribution >= 4 is 45.3 Å². The molecule has 29 heavy (non-hydrogen) atoms. The van der Waals surface area contributed by atoms with Gasteiger partial charge in [0.05, 0.1) is 16.1 Å². The van der Waals surface area contributed by atoms with Crippen molar-refractivity contribution in [3.63, 3.8) is 0 Å². The highest BCUT2D eigenvalue weighted by Crippen LogP contribution is 2.27. The van der Waals surface area contributed by atoms with Crippen molar-refractivity contribution in [2.75, 3.05) is 10.6 Å². The number of amides is 2. The molecule has 4 aromatic rings. The first-order valence-electron chi connectivity index (χ1n) is 8.77. The minimum Gasteiger partial charge on any atom is -0.321 e. The maximum absolute atomic E-state index is 12.8. The van der Waals surface area contributed by atoms with Crippen LogP contribution in [0.2, 0.25) is 0 Å². The van der Waals surface area contributed by atoms with Crippen LogP contribution in [0.15, 0.2) is 66.7 Å². The van der Waals surface area contributed by atoms with E-state index in [4.69, 9.17) is 0 Å². The molecule has 0 saturated carbocycles. The molecule has 2 aromatic carbocycles. The second kappa shape index (κ2) is 8.34. The van der Waals surface area contributed by atoms with Crippen LogP contribution in [0.25, 0.3) is 10.6 Å². The molecular weight excluding hydrogens is 404 g/mol. The Bertz CT molecular complexity index is 1170. The van der Waals surface area contributed by atoms with Gasteiger partial charge in [0.15, 0.2) is 0 Å². The molecule has 6 nitrogen and oxygen atoms in total. The first-order valence-corrected chi connectivity index (χ1v) is 10.4. The Labute approximate surface area is 175 Å². The number of carbonyl (C=O) groups excluding carboxylic acids is 2. The summed E-state index contributed by atoms with van der Waals surface area (Å²) in [5, 5.41) is 14.9. The zero-order chi connectivity index (χ0) is 20.2. The van der Waals surface area contributed by atoms with E-state index in [1.165, 1.54) is 22.7 Å². The fraction of sp³-hybridized carbons (Fsp3) is 0.0476. The number of hydrogen-bond acceptors (Lipinski definition) is 6. The molecule has 0 aliphatic carbocycles. The zero-order valence-electron chi connectivity index (χ0n) is 15.4. The number of nitrogens with zero attached hydrogens (tertiary/aromatic N) is 2. The first kappa shape index (κ1) is 19.0. The number of aromatic nitrogens is 2. The summed E-state index contributed by atoms with van der Waals surface area (Å²) < 4.78 is 0. The van der Waals surface area contributed by atoms with Gasteiger partial charge in [0.1, 0.15) is 5.01 Å². The molecule has 144 valence electrons. The smallest absolute Gasteiger partial charge is 0.265 e. The highest BCUT2D eigenvalue weighted by molar-refractivity contribution is 7.18. The van der Waals surface area contributed by atoms with Crippen LogP contribution in [0, 0.1) is 6.92 Å². The Morgan fingerprint density at radius 2 is 1.55 bits per heavy atom. The van der Waals surface area contributed by atoms with Crippen molar-refractivity contribution in [3.05, 3.63) is 82.0 Å². The predicted molar refractivity (Wildman–Crippen MR) is 117 cm³/mol. The minimum atomic E-state index is -0.362. The standard InChI is InChI=1S/C21H16N4O2S2/c1-13-11-12-17(28-13)19(27)22-16-10-6-5-9-15(16)18(26)23-21-25-24-20(29-21)14-7-3-2-4-8-14/h2-12H,1H3,(H,22,27)(H,23,25,26). The summed E-state index contributed by atoms with van der Waals surface area (Å²) in [6.07, 6.45) is 0. The average molecular weight is 421 g/mol. The fourth-order valence-electron chi connectivity index (χ4n) is 2.67. The van der Waals surface area contributed by atoms with Crippen LogP contribution in [0.4, 0.5) is 10.8 Å². The molecule has 8 heteroatoms. The van der Waals surface area contributed by atoms with Gasteiger partial charge in [-0.1, -0.05) is 53.8 Å². The van der Waals surface area contributed by atoms with Gasteiger partial charge in [-0.15, -0.1) is 21.5 Å². The normalized spacial score (nSPS) is 10.5. The molecule has 2 heterocycles. The molecule has 0 unspecified atom stereocenters. The van der Waals surface area contributed by atoms with Crippen molar-refractivity contribution in [2.45, 2.75) is 6.92 Å². The van der Waals surface area contributed by atoms with Crippen LogP contribution >= 0.6 is 22.7 Å². The van der Waals surface area contributed by atoms with Gasteiger partial charge in [-0.05, 0) is 31.2 Å². The summed E-state index contributed by atoms with van der Waals surface area (Å²) in [5.41, 5.74) is 1.73. The summed E-state index contributed by atoms with van der Waals surface area (Å²) in [7, 11) is 0. The van der Waals surface area contributed by atoms with Crippen molar-refractivity contribution < 1.29 is 9.59 Å². The largest absolute Gasteiger partial charge is 0.321 e. The molecule has 0 saturated heterocycles. The van der Waals surface area contributed by atoms with Gasteiger partial charge in [0.2, 0.25) is 5.13 Å². The van der Waals surface area contributed by atoms with Crippen LogP contribution in [0.3, 0.4) is 0 Å². The van der Waals surface area contributed by atoms with Crippen molar-refractivity contribution in [1.29, 1.82) is 0 Å². The Kier molecular flexibility index (Phi) is 5.46. The Morgan fingerprint density at radius 1 is 0.793 bits per heavy atom. The highest BCUT2D eigenvalue weighted by Gasteiger charge is 2.17. The number of benzene rings is 2. The number of anilines is 2. The zero-order valence-corrected chi connectivity index (χ0v) is 17.0. The van der Waals surface area contributed by atoms with E-state index in [-0.39, 0.29) is 11.8 Å². The average Bonchev–Trinajstić information content (AvgIpc) is 3.38. The fourth-order valence-corrected chi connectivity index (χ4v) is 4.17. The molecule has 2 N–H and O–H groups in total. The predicted octanol–water partition coefficient (Wildman–Crippen LogP) is 5.08. The van der Waals surface area contributed by atoms with Gasteiger partial charge in [-0.25, -0.2) is 0 Å². The molecular formula is C21H16N4O2S2. The van der Waals surface area contributed by atoms with Crippen LogP contribution in [0.1, 0.15) is 24.9 Å². The van der Waals surface area contributed by atoms with E-state index in [9.17, 15) is 9.59 Å². The van der Waals surface area contributed by atoms with Crippen molar-refractivity contribution in [2.24, 2.45) is 0 Å². The molecule has 0 bridgehead atoms. The van der Waals surface area contributed by atoms with E-state index in [0.29, 0.717) is 21.3 Å². The van der Waals surface area contributed by atoms with Gasteiger partial charge < -0.3 is 5.32 Å². The Hall–Kier alpha value is -3.36. The van der Waals surface area contributed by atoms with Crippen LogP contribution in [-0.2, 0) is 0 Å². The SMILES string of the molecule is Cc1ccc(C(=O)Nc2ccccc2C(=O)Nc2nnc(-c3ccccc3)s2)s1. The molecule has 2 amide bonds. The quantitative estimate of drug-likeness (QED) is 0.472. The lowest BCUT2D eigenvalue weighted by Gasteiger charge is -2.09. The summed E-state index contributed by atoms with van der Waals surface area (Å²) in [5.74, 6) is -0.607. The molecule has 0 aliphatic rings. The van der Waals surface area contributed by atoms with Gasteiger partial charge >= 0.3 is 0 Å². The van der Waals surface area contributed by atoms with E-state index in [0.717, 1.165) is 15.4 Å². The summed E-state index contributed by atoms with van der Waals surface area (Å²) in [4.78, 5) is 26.9. The number of hydrogen-bond donors (Lipinski definition) is 2. The lowest BCUT2D eigenvalue weighted by atomic mass is 10.1. The van der Waals surface area contributed by atoms with Crippen LogP contribution in [0.5, 0.6) is 0 Å². The Morgan fingerprint density at radius 3 is 2.31 bits per heavy atom. The van der Waals surface area contributed by atoms with Gasteiger partial charge in [-0.3, -0.25) is 14.9 Å². The molecule has 0 atom stereocenters.